The Labute approximate surface area is 299 Å². The van der Waals surface area contributed by atoms with Crippen LogP contribution in [0.15, 0.2) is 180 Å². The first-order valence-electron chi connectivity index (χ1n) is 15.8. The second kappa shape index (κ2) is 16.4. The molecule has 2 aromatic heterocycles. The van der Waals surface area contributed by atoms with Crippen LogP contribution >= 0.6 is 0 Å². The summed E-state index contributed by atoms with van der Waals surface area (Å²) >= 11 is 0. The molecule has 0 saturated carbocycles. The largest absolute Gasteiger partial charge is 0.245 e. The van der Waals surface area contributed by atoms with Crippen LogP contribution < -0.4 is 0 Å². The molecule has 49 heavy (non-hydrogen) atoms. The molecule has 2 aliphatic heterocycles. The number of azo groups is 4. The van der Waals surface area contributed by atoms with Gasteiger partial charge in [0.25, 0.3) is 0 Å². The fraction of sp³-hybridized carbons (Fsp3) is 0.0476. The van der Waals surface area contributed by atoms with Gasteiger partial charge in [-0.05, 0) is 22.4 Å². The summed E-state index contributed by atoms with van der Waals surface area (Å²) < 4.78 is 3.81. The van der Waals surface area contributed by atoms with E-state index in [0.29, 0.717) is 0 Å². The van der Waals surface area contributed by atoms with Crippen molar-refractivity contribution in [1.29, 1.82) is 0 Å². The van der Waals surface area contributed by atoms with Crippen molar-refractivity contribution in [2.45, 2.75) is 0 Å². The number of fused-ring (bicyclic) bond motifs is 3. The number of benzene rings is 5. The fourth-order valence-corrected chi connectivity index (χ4v) is 5.36. The molecule has 239 valence electrons. The van der Waals surface area contributed by atoms with Crippen molar-refractivity contribution in [3.63, 3.8) is 0 Å². The van der Waals surface area contributed by atoms with Crippen molar-refractivity contribution >= 4 is 33.2 Å². The Morgan fingerprint density at radius 1 is 0.449 bits per heavy atom. The Hall–Kier alpha value is -5.75. The Morgan fingerprint density at radius 3 is 1.22 bits per heavy atom. The minimum atomic E-state index is 0. The van der Waals surface area contributed by atoms with E-state index in [-0.39, 0.29) is 20.1 Å². The Morgan fingerprint density at radius 2 is 0.857 bits per heavy atom. The first kappa shape index (κ1) is 33.2. The average molecular weight is 813 g/mol. The third kappa shape index (κ3) is 8.22. The quantitative estimate of drug-likeness (QED) is 0.101. The number of pyridine rings is 2. The molecule has 4 heterocycles. The number of para-hydroxylation sites is 2. The summed E-state index contributed by atoms with van der Waals surface area (Å²) in [6.45, 7) is 1.72. The number of hydrogen-bond acceptors (Lipinski definition) is 4. The Balaban J connectivity index is 0.000000149. The molecule has 0 N–H and O–H groups in total. The predicted octanol–water partition coefficient (Wildman–Crippen LogP) is 10.3. The van der Waals surface area contributed by atoms with E-state index in [2.05, 4.69) is 83.0 Å². The van der Waals surface area contributed by atoms with E-state index in [1.807, 2.05) is 106 Å². The Bertz CT molecular complexity index is 2100. The molecule has 1 radical (unpaired) electrons. The summed E-state index contributed by atoms with van der Waals surface area (Å²) in [4.78, 5) is 9.89. The van der Waals surface area contributed by atoms with Gasteiger partial charge in [0.1, 0.15) is 11.4 Å². The van der Waals surface area contributed by atoms with Crippen molar-refractivity contribution in [2.24, 2.45) is 10.2 Å². The van der Waals surface area contributed by atoms with E-state index >= 15 is 0 Å². The normalized spacial score (nSPS) is 12.7. The summed E-state index contributed by atoms with van der Waals surface area (Å²) in [7, 11) is 0. The van der Waals surface area contributed by atoms with E-state index in [0.717, 1.165) is 68.8 Å². The maximum Gasteiger partial charge on any atom is 0.193 e. The zero-order valence-corrected chi connectivity index (χ0v) is 29.0. The van der Waals surface area contributed by atoms with Gasteiger partial charge in [-0.15, -0.1) is 21.5 Å². The second-order valence-electron chi connectivity index (χ2n) is 11.0. The minimum absolute atomic E-state index is 0. The molecule has 0 amide bonds. The van der Waals surface area contributed by atoms with Gasteiger partial charge in [-0.3, -0.25) is 0 Å². The van der Waals surface area contributed by atoms with Crippen molar-refractivity contribution in [1.82, 2.24) is 9.97 Å². The standard InChI is InChI=1S/C24H16N2.2C9H8N2.Ir/c1-3-7-17(8-4-1)21-15-13-19-11-12-20-14-16-22(18-9-5-2-6-10-18)26-24(20)23(19)25-21;2*1-2-5-9(6-3-1)11-8-4-7-10-11;/h1-16H;2*1-5,7H,8H2;. The van der Waals surface area contributed by atoms with Crippen molar-refractivity contribution in [3.05, 3.63) is 182 Å². The molecule has 7 heteroatoms. The van der Waals surface area contributed by atoms with Crippen LogP contribution in [0.4, 0.5) is 11.4 Å². The number of rotatable bonds is 4. The van der Waals surface area contributed by atoms with Crippen LogP contribution in [-0.4, -0.2) is 32.5 Å². The van der Waals surface area contributed by atoms with Crippen LogP contribution in [0.2, 0.25) is 0 Å². The van der Waals surface area contributed by atoms with Gasteiger partial charge in [0, 0.05) is 54.2 Å². The third-order valence-corrected chi connectivity index (χ3v) is 7.78. The van der Waals surface area contributed by atoms with Gasteiger partial charge in [0.05, 0.1) is 34.8 Å². The van der Waals surface area contributed by atoms with Gasteiger partial charge in [-0.25, -0.2) is 9.97 Å². The van der Waals surface area contributed by atoms with Gasteiger partial charge < -0.3 is 0 Å². The summed E-state index contributed by atoms with van der Waals surface area (Å²) in [5.41, 5.74) is 8.12. The number of nitrogens with zero attached hydrogens (tertiary/aromatic N) is 6. The van der Waals surface area contributed by atoms with Crippen LogP contribution in [-0.2, 0) is 20.1 Å². The smallest absolute Gasteiger partial charge is 0.193 e. The summed E-state index contributed by atoms with van der Waals surface area (Å²) in [6.07, 6.45) is 7.64. The molecule has 0 fully saturated rings. The van der Waals surface area contributed by atoms with Crippen LogP contribution in [0.3, 0.4) is 0 Å². The zero-order valence-electron chi connectivity index (χ0n) is 26.6. The van der Waals surface area contributed by atoms with Gasteiger partial charge in [0.2, 0.25) is 0 Å². The second-order valence-corrected chi connectivity index (χ2v) is 11.0. The molecule has 0 aliphatic carbocycles. The van der Waals surface area contributed by atoms with Crippen LogP contribution in [0.25, 0.3) is 44.3 Å². The molecule has 7 aromatic rings. The SMILES string of the molecule is [Ir].[c-]1ccccc1[N+]1=NC=CC1.[c-]1ccccc1[N+]1=NC=CC1.c1ccc(-c2ccc3ccc4ccc(-c5ccccc5)nc4c3n2)cc1. The average Bonchev–Trinajstić information content (AvgIpc) is 3.93. The maximum atomic E-state index is 4.95. The Kier molecular flexibility index (Phi) is 11.1. The molecule has 0 unspecified atom stereocenters. The van der Waals surface area contributed by atoms with Gasteiger partial charge in [-0.2, -0.15) is 36.4 Å². The molecular weight excluding hydrogens is 781 g/mol. The molecule has 0 bridgehead atoms. The molecular formula is C42H32IrN6. The molecule has 9 rings (SSSR count). The van der Waals surface area contributed by atoms with Gasteiger partial charge >= 0.3 is 0 Å². The molecule has 6 nitrogen and oxygen atoms in total. The first-order valence-corrected chi connectivity index (χ1v) is 15.8. The van der Waals surface area contributed by atoms with E-state index in [4.69, 9.17) is 9.97 Å². The van der Waals surface area contributed by atoms with Gasteiger partial charge in [0.15, 0.2) is 13.1 Å². The summed E-state index contributed by atoms with van der Waals surface area (Å²) in [5, 5.41) is 10.5. The molecule has 0 atom stereocenters. The minimum Gasteiger partial charge on any atom is -0.245 e. The van der Waals surface area contributed by atoms with E-state index in [1.54, 1.807) is 12.4 Å². The van der Waals surface area contributed by atoms with Crippen molar-refractivity contribution in [3.8, 4) is 22.5 Å². The van der Waals surface area contributed by atoms with E-state index in [1.165, 1.54) is 0 Å². The predicted molar refractivity (Wildman–Crippen MR) is 191 cm³/mol. The van der Waals surface area contributed by atoms with Crippen LogP contribution in [0.5, 0.6) is 0 Å². The van der Waals surface area contributed by atoms with Gasteiger partial charge in [-0.1, -0.05) is 97.1 Å². The summed E-state index contributed by atoms with van der Waals surface area (Å²) in [5.74, 6) is 0. The topological polar surface area (TPSA) is 56.5 Å². The van der Waals surface area contributed by atoms with Crippen molar-refractivity contribution in [2.75, 3.05) is 13.1 Å². The molecule has 0 spiro atoms. The number of aromatic nitrogens is 2. The van der Waals surface area contributed by atoms with E-state index < -0.39 is 0 Å². The van der Waals surface area contributed by atoms with Crippen LogP contribution in [0, 0.1) is 12.1 Å². The third-order valence-electron chi connectivity index (χ3n) is 7.78. The molecule has 5 aromatic carbocycles. The fourth-order valence-electron chi connectivity index (χ4n) is 5.36. The maximum absolute atomic E-state index is 4.95. The summed E-state index contributed by atoms with van der Waals surface area (Å²) in [6, 6.07) is 55.0. The first-order chi connectivity index (χ1) is 23.8. The molecule has 2 aliphatic rings. The zero-order chi connectivity index (χ0) is 32.4. The molecule has 0 saturated heterocycles. The van der Waals surface area contributed by atoms with Crippen molar-refractivity contribution < 1.29 is 29.5 Å². The van der Waals surface area contributed by atoms with E-state index in [9.17, 15) is 0 Å². The van der Waals surface area contributed by atoms with Crippen LogP contribution in [0.1, 0.15) is 0 Å². The monoisotopic (exact) mass is 813 g/mol. The number of hydrogen-bond donors (Lipinski definition) is 0.